The van der Waals surface area contributed by atoms with E-state index in [0.29, 0.717) is 0 Å². The first-order valence-electron chi connectivity index (χ1n) is 6.46. The molecule has 0 atom stereocenters. The van der Waals surface area contributed by atoms with Gasteiger partial charge in [0.2, 0.25) is 15.9 Å². The van der Waals surface area contributed by atoms with Crippen molar-refractivity contribution in [2.75, 3.05) is 11.0 Å². The number of rotatable bonds is 3. The number of hydrogen-bond acceptors (Lipinski definition) is 5. The summed E-state index contributed by atoms with van der Waals surface area (Å²) < 4.78 is 31.1. The van der Waals surface area contributed by atoms with E-state index in [4.69, 9.17) is 27.6 Å². The van der Waals surface area contributed by atoms with Crippen LogP contribution >= 0.6 is 23.2 Å². The van der Waals surface area contributed by atoms with Gasteiger partial charge in [0, 0.05) is 5.41 Å². The zero-order valence-corrected chi connectivity index (χ0v) is 15.2. The van der Waals surface area contributed by atoms with E-state index in [1.54, 1.807) is 0 Å². The molecule has 2 rings (SSSR count). The van der Waals surface area contributed by atoms with Gasteiger partial charge in [0.05, 0.1) is 27.7 Å². The third-order valence-corrected chi connectivity index (χ3v) is 3.96. The van der Waals surface area contributed by atoms with Gasteiger partial charge in [-0.05, 0) is 12.1 Å². The molecule has 0 amide bonds. The minimum atomic E-state index is -3.55. The number of benzene rings is 1. The normalized spacial score (nSPS) is 12.4. The van der Waals surface area contributed by atoms with Crippen LogP contribution in [0.5, 0.6) is 0 Å². The minimum absolute atomic E-state index is 0.0841. The Morgan fingerprint density at radius 3 is 2.30 bits per heavy atom. The molecule has 0 bridgehead atoms. The first-order chi connectivity index (χ1) is 10.4. The fourth-order valence-electron chi connectivity index (χ4n) is 1.71. The highest BCUT2D eigenvalue weighted by Crippen LogP contribution is 2.31. The molecule has 0 saturated carbocycles. The molecule has 0 aliphatic carbocycles. The third-order valence-electron chi connectivity index (χ3n) is 2.75. The summed E-state index contributed by atoms with van der Waals surface area (Å²) in [5.41, 5.74) is -0.232. The smallest absolute Gasteiger partial charge is 0.391 e. The van der Waals surface area contributed by atoms with Crippen molar-refractivity contribution in [3.63, 3.8) is 0 Å². The van der Waals surface area contributed by atoms with E-state index < -0.39 is 21.2 Å². The van der Waals surface area contributed by atoms with Crippen LogP contribution in [0, 0.1) is 0 Å². The first-order valence-corrected chi connectivity index (χ1v) is 9.11. The van der Waals surface area contributed by atoms with Crippen LogP contribution in [0.1, 0.15) is 26.7 Å². The van der Waals surface area contributed by atoms with Crippen molar-refractivity contribution in [2.24, 2.45) is 0 Å². The molecule has 126 valence electrons. The number of nitrogens with one attached hydrogen (secondary N) is 1. The molecule has 0 radical (unpaired) electrons. The molecule has 0 unspecified atom stereocenters. The zero-order valence-electron chi connectivity index (χ0n) is 12.8. The summed E-state index contributed by atoms with van der Waals surface area (Å²) in [6.45, 7) is 5.51. The maximum atomic E-state index is 12.0. The first kappa shape index (κ1) is 17.8. The molecule has 1 heterocycles. The van der Waals surface area contributed by atoms with Gasteiger partial charge >= 0.3 is 5.76 Å². The molecule has 1 N–H and O–H groups in total. The lowest BCUT2D eigenvalue weighted by Gasteiger charge is -2.12. The van der Waals surface area contributed by atoms with E-state index in [2.05, 4.69) is 9.82 Å². The Morgan fingerprint density at radius 1 is 1.22 bits per heavy atom. The van der Waals surface area contributed by atoms with Crippen molar-refractivity contribution >= 4 is 38.9 Å². The summed E-state index contributed by atoms with van der Waals surface area (Å²) in [7, 11) is -3.55. The molecule has 0 aliphatic rings. The molecular formula is C13H15Cl2N3O4S. The maximum absolute atomic E-state index is 12.0. The summed E-state index contributed by atoms with van der Waals surface area (Å²) >= 11 is 12.1. The quantitative estimate of drug-likeness (QED) is 0.884. The molecule has 10 heteroatoms. The lowest BCUT2D eigenvalue weighted by Crippen LogP contribution is -2.16. The van der Waals surface area contributed by atoms with Crippen LogP contribution in [0.15, 0.2) is 21.3 Å². The lowest BCUT2D eigenvalue weighted by atomic mass is 9.97. The van der Waals surface area contributed by atoms with Gasteiger partial charge in [-0.25, -0.2) is 13.2 Å². The molecule has 0 saturated heterocycles. The van der Waals surface area contributed by atoms with Crippen LogP contribution in [-0.4, -0.2) is 24.5 Å². The molecule has 1 aromatic heterocycles. The minimum Gasteiger partial charge on any atom is -0.391 e. The number of nitrogens with zero attached hydrogens (tertiary/aromatic N) is 2. The number of halogens is 2. The maximum Gasteiger partial charge on any atom is 0.442 e. The van der Waals surface area contributed by atoms with E-state index in [1.807, 2.05) is 20.8 Å². The van der Waals surface area contributed by atoms with E-state index >= 15 is 0 Å². The van der Waals surface area contributed by atoms with E-state index in [9.17, 15) is 13.2 Å². The highest BCUT2D eigenvalue weighted by atomic mass is 35.5. The summed E-state index contributed by atoms with van der Waals surface area (Å²) in [5.74, 6) is -0.504. The van der Waals surface area contributed by atoms with Crippen molar-refractivity contribution in [2.45, 2.75) is 26.2 Å². The van der Waals surface area contributed by atoms with Crippen molar-refractivity contribution in [1.82, 2.24) is 9.78 Å². The monoisotopic (exact) mass is 379 g/mol. The van der Waals surface area contributed by atoms with Crippen molar-refractivity contribution in [1.29, 1.82) is 0 Å². The Balaban J connectivity index is 2.63. The average Bonchev–Trinajstić information content (AvgIpc) is 2.73. The Hall–Kier alpha value is -1.51. The van der Waals surface area contributed by atoms with Crippen LogP contribution in [0.4, 0.5) is 5.69 Å². The predicted molar refractivity (Wildman–Crippen MR) is 89.3 cm³/mol. The average molecular weight is 380 g/mol. The number of aromatic nitrogens is 2. The van der Waals surface area contributed by atoms with Gasteiger partial charge < -0.3 is 4.42 Å². The third kappa shape index (κ3) is 4.07. The van der Waals surface area contributed by atoms with Gasteiger partial charge in [0.15, 0.2) is 0 Å². The Kier molecular flexibility index (Phi) is 4.53. The molecule has 0 aliphatic heterocycles. The SMILES string of the molecule is CC(C)(C)c1nn(-c2cc(NS(C)(=O)=O)c(Cl)cc2Cl)c(=O)o1. The van der Waals surface area contributed by atoms with Gasteiger partial charge in [-0.2, -0.15) is 4.68 Å². The van der Waals surface area contributed by atoms with Gasteiger partial charge in [-0.15, -0.1) is 5.10 Å². The van der Waals surface area contributed by atoms with Gasteiger partial charge in [-0.3, -0.25) is 4.72 Å². The fraction of sp³-hybridized carbons (Fsp3) is 0.385. The van der Waals surface area contributed by atoms with E-state index in [0.717, 1.165) is 10.9 Å². The molecule has 0 spiro atoms. The summed E-state index contributed by atoms with van der Waals surface area (Å²) in [4.78, 5) is 12.0. The Morgan fingerprint density at radius 2 is 1.83 bits per heavy atom. The van der Waals surface area contributed by atoms with Crippen LogP contribution in [0.2, 0.25) is 10.0 Å². The zero-order chi connectivity index (χ0) is 17.6. The second-order valence-corrected chi connectivity index (χ2v) is 8.56. The second-order valence-electron chi connectivity index (χ2n) is 5.99. The van der Waals surface area contributed by atoms with Gasteiger partial charge in [0.1, 0.15) is 0 Å². The fourth-order valence-corrected chi connectivity index (χ4v) is 2.85. The van der Waals surface area contributed by atoms with Crippen LogP contribution in [0.25, 0.3) is 5.69 Å². The van der Waals surface area contributed by atoms with Crippen molar-refractivity contribution in [3.8, 4) is 5.69 Å². The molecule has 23 heavy (non-hydrogen) atoms. The van der Waals surface area contributed by atoms with Crippen LogP contribution in [0.3, 0.4) is 0 Å². The number of sulfonamides is 1. The standard InChI is InChI=1S/C13H15Cl2N3O4S/c1-13(2,3)11-16-18(12(19)22-11)10-6-9(17-23(4,20)21)7(14)5-8(10)15/h5-6,17H,1-4H3. The topological polar surface area (TPSA) is 94.2 Å². The van der Waals surface area contributed by atoms with Gasteiger partial charge in [0.25, 0.3) is 0 Å². The molecular weight excluding hydrogens is 365 g/mol. The molecule has 7 nitrogen and oxygen atoms in total. The number of hydrogen-bond donors (Lipinski definition) is 1. The van der Waals surface area contributed by atoms with Crippen molar-refractivity contribution < 1.29 is 12.8 Å². The Labute approximate surface area is 143 Å². The second kappa shape index (κ2) is 5.85. The summed E-state index contributed by atoms with van der Waals surface area (Å²) in [6.07, 6.45) is 0.984. The highest BCUT2D eigenvalue weighted by molar-refractivity contribution is 7.92. The molecule has 0 fully saturated rings. The van der Waals surface area contributed by atoms with Crippen LogP contribution in [-0.2, 0) is 15.4 Å². The molecule has 2 aromatic rings. The largest absolute Gasteiger partial charge is 0.442 e. The predicted octanol–water partition coefficient (Wildman–Crippen LogP) is 2.80. The number of anilines is 1. The van der Waals surface area contributed by atoms with Crippen molar-refractivity contribution in [3.05, 3.63) is 38.6 Å². The van der Waals surface area contributed by atoms with E-state index in [-0.39, 0.29) is 27.3 Å². The molecule has 1 aromatic carbocycles. The van der Waals surface area contributed by atoms with Crippen LogP contribution < -0.4 is 10.5 Å². The summed E-state index contributed by atoms with van der Waals surface area (Å²) in [6, 6.07) is 2.64. The summed E-state index contributed by atoms with van der Waals surface area (Å²) in [5, 5.41) is 4.34. The lowest BCUT2D eigenvalue weighted by molar-refractivity contribution is 0.375. The highest BCUT2D eigenvalue weighted by Gasteiger charge is 2.24. The van der Waals surface area contributed by atoms with E-state index in [1.165, 1.54) is 12.1 Å². The Bertz CT molecular complexity index is 910. The van der Waals surface area contributed by atoms with Gasteiger partial charge in [-0.1, -0.05) is 44.0 Å².